The molecule has 0 aliphatic heterocycles. The second-order valence-corrected chi connectivity index (χ2v) is 5.05. The Morgan fingerprint density at radius 2 is 1.20 bits per heavy atom. The molecule has 0 saturated carbocycles. The highest BCUT2D eigenvalue weighted by molar-refractivity contribution is 5.94. The van der Waals surface area contributed by atoms with Crippen molar-refractivity contribution in [2.24, 2.45) is 0 Å². The van der Waals surface area contributed by atoms with Crippen molar-refractivity contribution in [1.29, 1.82) is 0 Å². The third-order valence-corrected chi connectivity index (χ3v) is 3.20. The maximum absolute atomic E-state index is 10.6. The van der Waals surface area contributed by atoms with Crippen molar-refractivity contribution in [3.05, 3.63) is 88.0 Å². The third kappa shape index (κ3) is 5.49. The van der Waals surface area contributed by atoms with Gasteiger partial charge in [-0.3, -0.25) is 40.5 Å². The lowest BCUT2D eigenvalue weighted by molar-refractivity contribution is -0.422. The fraction of sp³-hybridized carbons (Fsp3) is 0. The smallest absolute Gasteiger partial charge is 0.360 e. The second-order valence-electron chi connectivity index (χ2n) is 5.05. The first kappa shape index (κ1) is 23.0. The molecule has 0 saturated heterocycles. The van der Waals surface area contributed by atoms with Gasteiger partial charge in [-0.1, -0.05) is 6.07 Å². The normalized spacial score (nSPS) is 9.60. The van der Waals surface area contributed by atoms with E-state index in [0.717, 1.165) is 30.3 Å². The van der Waals surface area contributed by atoms with Gasteiger partial charge in [-0.15, -0.1) is 0 Å². The fourth-order valence-corrected chi connectivity index (χ4v) is 1.97. The molecule has 0 heterocycles. The summed E-state index contributed by atoms with van der Waals surface area (Å²) in [5.74, 6) is -3.03. The van der Waals surface area contributed by atoms with Gasteiger partial charge in [0.1, 0.15) is 5.56 Å². The van der Waals surface area contributed by atoms with Crippen LogP contribution < -0.4 is 0 Å². The minimum atomic E-state index is -1.58. The van der Waals surface area contributed by atoms with Crippen LogP contribution in [0.15, 0.2) is 36.4 Å². The van der Waals surface area contributed by atoms with Crippen LogP contribution in [0.25, 0.3) is 0 Å². The minimum Gasteiger partial charge on any atom is -0.478 e. The first-order valence-electron chi connectivity index (χ1n) is 7.19. The summed E-state index contributed by atoms with van der Waals surface area (Å²) in [7, 11) is 0. The summed E-state index contributed by atoms with van der Waals surface area (Å²) in [6, 6.07) is 5.11. The molecule has 2 rings (SSSR count). The van der Waals surface area contributed by atoms with Gasteiger partial charge in [0.15, 0.2) is 0 Å². The van der Waals surface area contributed by atoms with Crippen LogP contribution in [0, 0.1) is 40.5 Å². The van der Waals surface area contributed by atoms with Gasteiger partial charge < -0.3 is 10.2 Å². The van der Waals surface area contributed by atoms with E-state index >= 15 is 0 Å². The van der Waals surface area contributed by atoms with E-state index in [1.807, 2.05) is 0 Å². The molecular weight excluding hydrogens is 416 g/mol. The number of hydrogen-bond acceptors (Lipinski definition) is 10. The van der Waals surface area contributed by atoms with Gasteiger partial charge in [0, 0.05) is 18.2 Å². The highest BCUT2D eigenvalue weighted by Gasteiger charge is 2.31. The lowest BCUT2D eigenvalue weighted by atomic mass is 10.1. The zero-order valence-electron chi connectivity index (χ0n) is 14.2. The molecule has 30 heavy (non-hydrogen) atoms. The number of hydrogen-bond donors (Lipinski definition) is 2. The van der Waals surface area contributed by atoms with Crippen LogP contribution >= 0.6 is 0 Å². The lowest BCUT2D eigenvalue weighted by Gasteiger charge is -1.97. The van der Waals surface area contributed by atoms with E-state index in [2.05, 4.69) is 0 Å². The summed E-state index contributed by atoms with van der Waals surface area (Å²) in [6.45, 7) is 0. The Balaban J connectivity index is 0.000000300. The number of nitrogens with zero attached hydrogens (tertiary/aromatic N) is 4. The monoisotopic (exact) mass is 424 g/mol. The summed E-state index contributed by atoms with van der Waals surface area (Å²) in [4.78, 5) is 58.8. The predicted molar refractivity (Wildman–Crippen MR) is 93.4 cm³/mol. The van der Waals surface area contributed by atoms with Crippen LogP contribution in [0.4, 0.5) is 22.7 Å². The molecule has 0 atom stereocenters. The van der Waals surface area contributed by atoms with Crippen molar-refractivity contribution in [2.45, 2.75) is 0 Å². The molecule has 0 aliphatic carbocycles. The van der Waals surface area contributed by atoms with E-state index in [9.17, 15) is 50.0 Å². The van der Waals surface area contributed by atoms with Gasteiger partial charge >= 0.3 is 23.3 Å². The molecule has 0 unspecified atom stereocenters. The highest BCUT2D eigenvalue weighted by Crippen LogP contribution is 2.30. The molecule has 0 aromatic heterocycles. The van der Waals surface area contributed by atoms with Crippen LogP contribution in [-0.2, 0) is 0 Å². The largest absolute Gasteiger partial charge is 0.478 e. The maximum atomic E-state index is 10.6. The Morgan fingerprint density at radius 3 is 1.53 bits per heavy atom. The summed E-state index contributed by atoms with van der Waals surface area (Å²) in [6.07, 6.45) is 0. The first-order valence-corrected chi connectivity index (χ1v) is 7.19. The van der Waals surface area contributed by atoms with E-state index < -0.39 is 65.5 Å². The third-order valence-electron chi connectivity index (χ3n) is 3.20. The number of rotatable bonds is 6. The maximum Gasteiger partial charge on any atom is 0.360 e. The Hall–Kier alpha value is -5.02. The lowest BCUT2D eigenvalue weighted by Crippen LogP contribution is -2.05. The number of carboxylic acids is 2. The molecule has 0 amide bonds. The van der Waals surface area contributed by atoms with Crippen molar-refractivity contribution in [1.82, 2.24) is 0 Å². The molecule has 2 aromatic rings. The summed E-state index contributed by atoms with van der Waals surface area (Å²) >= 11 is 0. The van der Waals surface area contributed by atoms with E-state index in [1.165, 1.54) is 0 Å². The predicted octanol–water partition coefficient (Wildman–Crippen LogP) is 2.40. The molecular formula is C14H8N4O12. The van der Waals surface area contributed by atoms with Gasteiger partial charge in [0.2, 0.25) is 0 Å². The van der Waals surface area contributed by atoms with Crippen molar-refractivity contribution < 1.29 is 39.5 Å². The second kappa shape index (κ2) is 9.26. The van der Waals surface area contributed by atoms with E-state index in [0.29, 0.717) is 6.07 Å². The molecule has 0 radical (unpaired) electrons. The molecule has 16 nitrogen and oxygen atoms in total. The standard InChI is InChI=1S/2C7H4N2O6/c10-7(11)4-1-5(8(12)13)3-6(2-4)9(14)15;10-7(11)4-2-1-3-5(8(12)13)6(4)9(14)15/h2*1-3H,(H,10,11). The fourth-order valence-electron chi connectivity index (χ4n) is 1.97. The van der Waals surface area contributed by atoms with E-state index in [1.54, 1.807) is 0 Å². The van der Waals surface area contributed by atoms with Gasteiger partial charge in [-0.2, -0.15) is 0 Å². The van der Waals surface area contributed by atoms with Crippen molar-refractivity contribution in [3.8, 4) is 0 Å². The number of carbonyl (C=O) groups is 2. The number of nitro benzene ring substituents is 4. The molecule has 16 heteroatoms. The number of nitro groups is 4. The number of non-ortho nitro benzene ring substituents is 2. The van der Waals surface area contributed by atoms with Crippen molar-refractivity contribution in [3.63, 3.8) is 0 Å². The van der Waals surface area contributed by atoms with Crippen LogP contribution in [0.5, 0.6) is 0 Å². The molecule has 2 N–H and O–H groups in total. The van der Waals surface area contributed by atoms with Crippen LogP contribution in [0.1, 0.15) is 20.7 Å². The highest BCUT2D eigenvalue weighted by atomic mass is 16.6. The Labute approximate surface area is 163 Å². The average molecular weight is 424 g/mol. The minimum absolute atomic E-state index is 0.490. The SMILES string of the molecule is O=C(O)c1cc([N+](=O)[O-])cc([N+](=O)[O-])c1.O=C(O)c1cccc([N+](=O)[O-])c1[N+](=O)[O-]. The number of carboxylic acid groups (broad SMARTS) is 2. The summed E-state index contributed by atoms with van der Waals surface area (Å²) in [5.41, 5.74) is -4.27. The van der Waals surface area contributed by atoms with Crippen molar-refractivity contribution in [2.75, 3.05) is 0 Å². The Morgan fingerprint density at radius 1 is 0.700 bits per heavy atom. The van der Waals surface area contributed by atoms with Gasteiger partial charge in [0.25, 0.3) is 11.4 Å². The number of benzene rings is 2. The van der Waals surface area contributed by atoms with E-state index in [-0.39, 0.29) is 0 Å². The number of para-hydroxylation sites is 1. The Kier molecular flexibility index (Phi) is 7.11. The van der Waals surface area contributed by atoms with Crippen LogP contribution in [0.2, 0.25) is 0 Å². The molecule has 0 aliphatic rings. The average Bonchev–Trinajstić information content (AvgIpc) is 2.67. The van der Waals surface area contributed by atoms with Crippen LogP contribution in [-0.4, -0.2) is 41.8 Å². The van der Waals surface area contributed by atoms with Gasteiger partial charge in [-0.25, -0.2) is 9.59 Å². The zero-order chi connectivity index (χ0) is 23.2. The molecule has 156 valence electrons. The first-order chi connectivity index (χ1) is 13.9. The van der Waals surface area contributed by atoms with Gasteiger partial charge in [0.05, 0.1) is 31.3 Å². The molecule has 0 spiro atoms. The quantitative estimate of drug-likeness (QED) is 0.501. The molecule has 0 fully saturated rings. The van der Waals surface area contributed by atoms with E-state index in [4.69, 9.17) is 10.2 Å². The van der Waals surface area contributed by atoms with Crippen molar-refractivity contribution >= 4 is 34.7 Å². The molecule has 2 aromatic carbocycles. The number of aromatic carboxylic acids is 2. The van der Waals surface area contributed by atoms with Gasteiger partial charge in [-0.05, 0) is 6.07 Å². The Bertz CT molecular complexity index is 969. The van der Waals surface area contributed by atoms with Crippen LogP contribution in [0.3, 0.4) is 0 Å². The summed E-state index contributed by atoms with van der Waals surface area (Å²) in [5, 5.41) is 58.7. The topological polar surface area (TPSA) is 247 Å². The summed E-state index contributed by atoms with van der Waals surface area (Å²) < 4.78 is 0. The zero-order valence-corrected chi connectivity index (χ0v) is 14.2. The molecule has 0 bridgehead atoms.